The third-order valence-corrected chi connectivity index (χ3v) is 5.92. The second kappa shape index (κ2) is 9.28. The molecule has 2 aromatic heterocycles. The van der Waals surface area contributed by atoms with Crippen LogP contribution in [0.2, 0.25) is 0 Å². The zero-order valence-electron chi connectivity index (χ0n) is 17.9. The minimum atomic E-state index is -0.294. The normalized spacial score (nSPS) is 12.7. The Labute approximate surface area is 198 Å². The number of fused-ring (bicyclic) bond motifs is 1. The second-order valence-corrected chi connectivity index (χ2v) is 8.38. The fourth-order valence-electron chi connectivity index (χ4n) is 3.57. The van der Waals surface area contributed by atoms with Gasteiger partial charge in [-0.2, -0.15) is 11.3 Å². The number of anilines is 3. The van der Waals surface area contributed by atoms with Crippen LogP contribution in [0.5, 0.6) is 0 Å². The molecule has 0 radical (unpaired) electrons. The van der Waals surface area contributed by atoms with Gasteiger partial charge in [-0.05, 0) is 47.8 Å². The van der Waals surface area contributed by atoms with E-state index in [1.54, 1.807) is 42.5 Å². The fourth-order valence-corrected chi connectivity index (χ4v) is 4.20. The highest BCUT2D eigenvalue weighted by Gasteiger charge is 2.27. The number of nitrogens with zero attached hydrogens (tertiary/aromatic N) is 3. The number of hydrogen-bond donors (Lipinski definition) is 2. The Balaban J connectivity index is 1.19. The largest absolute Gasteiger partial charge is 0.421 e. The van der Waals surface area contributed by atoms with Gasteiger partial charge in [-0.15, -0.1) is 10.2 Å². The summed E-state index contributed by atoms with van der Waals surface area (Å²) in [6.45, 7) is -0.0574. The molecule has 4 aromatic rings. The molecule has 5 rings (SSSR count). The van der Waals surface area contributed by atoms with Gasteiger partial charge in [-0.3, -0.25) is 19.3 Å². The van der Waals surface area contributed by atoms with Gasteiger partial charge in [0.05, 0.1) is 11.4 Å². The number of thiophene rings is 1. The number of benzene rings is 2. The van der Waals surface area contributed by atoms with E-state index in [-0.39, 0.29) is 30.7 Å². The van der Waals surface area contributed by atoms with Gasteiger partial charge in [-0.1, -0.05) is 12.1 Å². The molecule has 0 saturated carbocycles. The maximum Gasteiger partial charge on any atom is 0.258 e. The van der Waals surface area contributed by atoms with Crippen LogP contribution in [-0.2, 0) is 16.0 Å². The lowest BCUT2D eigenvalue weighted by Gasteiger charge is -2.29. The van der Waals surface area contributed by atoms with Gasteiger partial charge in [-0.25, -0.2) is 0 Å². The Morgan fingerprint density at radius 3 is 2.71 bits per heavy atom. The monoisotopic (exact) mass is 473 g/mol. The van der Waals surface area contributed by atoms with Crippen LogP contribution in [0.3, 0.4) is 0 Å². The van der Waals surface area contributed by atoms with E-state index in [1.165, 1.54) is 16.2 Å². The molecule has 170 valence electrons. The Bertz CT molecular complexity index is 1350. The van der Waals surface area contributed by atoms with Crippen molar-refractivity contribution in [3.05, 3.63) is 76.8 Å². The molecule has 9 nitrogen and oxygen atoms in total. The molecule has 0 saturated heterocycles. The van der Waals surface area contributed by atoms with Crippen LogP contribution < -0.4 is 15.5 Å². The summed E-state index contributed by atoms with van der Waals surface area (Å²) in [5.74, 6) is 0.0717. The number of rotatable bonds is 6. The molecule has 0 atom stereocenters. The predicted octanol–water partition coefficient (Wildman–Crippen LogP) is 3.97. The lowest BCUT2D eigenvalue weighted by atomic mass is 10.1. The van der Waals surface area contributed by atoms with Gasteiger partial charge in [0.1, 0.15) is 6.54 Å². The summed E-state index contributed by atoms with van der Waals surface area (Å²) in [6, 6.07) is 15.6. The number of hydrogen-bond acceptors (Lipinski definition) is 7. The summed E-state index contributed by atoms with van der Waals surface area (Å²) in [7, 11) is 0. The molecule has 0 spiro atoms. The second-order valence-electron chi connectivity index (χ2n) is 7.60. The number of para-hydroxylation sites is 2. The van der Waals surface area contributed by atoms with Gasteiger partial charge in [0, 0.05) is 35.0 Å². The standard InChI is InChI=1S/C24H19N5O4S/c30-20(9-10-22-27-28-23(33-22)16-11-12-34-14-16)25-17-7-5-15(6-8-17)24(32)29-13-21(31)26-18-3-1-2-4-19(18)29/h1-8,11-12,14H,9-10,13H2,(H,25,30)(H,26,31). The van der Waals surface area contributed by atoms with Gasteiger partial charge in [0.25, 0.3) is 5.91 Å². The lowest BCUT2D eigenvalue weighted by molar-refractivity contribution is -0.116. The molecule has 0 bridgehead atoms. The molecule has 1 aliphatic rings. The van der Waals surface area contributed by atoms with Crippen LogP contribution >= 0.6 is 11.3 Å². The molecule has 34 heavy (non-hydrogen) atoms. The molecule has 3 amide bonds. The SMILES string of the molecule is O=C(CCc1nnc(-c2ccsc2)o1)Nc1ccc(C(=O)N2CC(=O)Nc3ccccc32)cc1. The quantitative estimate of drug-likeness (QED) is 0.438. The van der Waals surface area contributed by atoms with E-state index in [0.29, 0.717) is 40.8 Å². The van der Waals surface area contributed by atoms with Crippen LogP contribution in [0, 0.1) is 0 Å². The number of nitrogens with one attached hydrogen (secondary N) is 2. The minimum absolute atomic E-state index is 0.0574. The summed E-state index contributed by atoms with van der Waals surface area (Å²) in [5, 5.41) is 17.4. The van der Waals surface area contributed by atoms with E-state index >= 15 is 0 Å². The van der Waals surface area contributed by atoms with E-state index in [1.807, 2.05) is 22.9 Å². The van der Waals surface area contributed by atoms with Crippen molar-refractivity contribution in [3.63, 3.8) is 0 Å². The minimum Gasteiger partial charge on any atom is -0.421 e. The zero-order valence-corrected chi connectivity index (χ0v) is 18.7. The molecule has 1 aliphatic heterocycles. The van der Waals surface area contributed by atoms with Crippen molar-refractivity contribution in [2.75, 3.05) is 22.1 Å². The van der Waals surface area contributed by atoms with Crippen LogP contribution in [0.15, 0.2) is 69.8 Å². The number of aryl methyl sites for hydroxylation is 1. The van der Waals surface area contributed by atoms with Gasteiger partial charge >= 0.3 is 0 Å². The highest BCUT2D eigenvalue weighted by atomic mass is 32.1. The highest BCUT2D eigenvalue weighted by Crippen LogP contribution is 2.30. The summed E-state index contributed by atoms with van der Waals surface area (Å²) < 4.78 is 5.59. The fraction of sp³-hybridized carbons (Fsp3) is 0.125. The van der Waals surface area contributed by atoms with Crippen molar-refractivity contribution >= 4 is 46.1 Å². The smallest absolute Gasteiger partial charge is 0.258 e. The van der Waals surface area contributed by atoms with Crippen molar-refractivity contribution in [1.29, 1.82) is 0 Å². The maximum atomic E-state index is 13.0. The maximum absolute atomic E-state index is 13.0. The van der Waals surface area contributed by atoms with Crippen LogP contribution in [0.25, 0.3) is 11.5 Å². The van der Waals surface area contributed by atoms with E-state index in [2.05, 4.69) is 20.8 Å². The molecule has 0 fully saturated rings. The lowest BCUT2D eigenvalue weighted by Crippen LogP contribution is -2.42. The van der Waals surface area contributed by atoms with E-state index in [0.717, 1.165) is 5.56 Å². The van der Waals surface area contributed by atoms with Gasteiger partial charge < -0.3 is 15.1 Å². The van der Waals surface area contributed by atoms with Crippen LogP contribution in [0.4, 0.5) is 17.1 Å². The number of carbonyl (C=O) groups is 3. The van der Waals surface area contributed by atoms with Gasteiger partial charge in [0.2, 0.25) is 23.6 Å². The molecular weight excluding hydrogens is 454 g/mol. The molecule has 2 N–H and O–H groups in total. The summed E-state index contributed by atoms with van der Waals surface area (Å²) in [5.41, 5.74) is 3.07. The number of aromatic nitrogens is 2. The van der Waals surface area contributed by atoms with Crippen molar-refractivity contribution < 1.29 is 18.8 Å². The molecule has 0 unspecified atom stereocenters. The third kappa shape index (κ3) is 4.57. The van der Waals surface area contributed by atoms with Crippen molar-refractivity contribution in [2.24, 2.45) is 0 Å². The number of amides is 3. The molecule has 3 heterocycles. The first-order chi connectivity index (χ1) is 16.6. The van der Waals surface area contributed by atoms with E-state index in [9.17, 15) is 14.4 Å². The zero-order chi connectivity index (χ0) is 23.5. The molecule has 2 aromatic carbocycles. The Kier molecular flexibility index (Phi) is 5.88. The first-order valence-electron chi connectivity index (χ1n) is 10.5. The topological polar surface area (TPSA) is 117 Å². The van der Waals surface area contributed by atoms with Gasteiger partial charge in [0.15, 0.2) is 0 Å². The Hall–Kier alpha value is -4.31. The molecular formula is C24H19N5O4S. The predicted molar refractivity (Wildman–Crippen MR) is 128 cm³/mol. The summed E-state index contributed by atoms with van der Waals surface area (Å²) in [6.07, 6.45) is 0.488. The molecule has 0 aliphatic carbocycles. The first-order valence-corrected chi connectivity index (χ1v) is 11.5. The Morgan fingerprint density at radius 1 is 1.09 bits per heavy atom. The first kappa shape index (κ1) is 21.5. The van der Waals surface area contributed by atoms with Crippen molar-refractivity contribution in [1.82, 2.24) is 10.2 Å². The van der Waals surface area contributed by atoms with Crippen molar-refractivity contribution in [2.45, 2.75) is 12.8 Å². The van der Waals surface area contributed by atoms with E-state index in [4.69, 9.17) is 4.42 Å². The van der Waals surface area contributed by atoms with Crippen LogP contribution in [-0.4, -0.2) is 34.5 Å². The number of carbonyl (C=O) groups excluding carboxylic acids is 3. The highest BCUT2D eigenvalue weighted by molar-refractivity contribution is 7.08. The third-order valence-electron chi connectivity index (χ3n) is 5.23. The van der Waals surface area contributed by atoms with Crippen molar-refractivity contribution in [3.8, 4) is 11.5 Å². The average molecular weight is 474 g/mol. The summed E-state index contributed by atoms with van der Waals surface area (Å²) >= 11 is 1.54. The Morgan fingerprint density at radius 2 is 1.91 bits per heavy atom. The average Bonchev–Trinajstić information content (AvgIpc) is 3.54. The molecule has 10 heteroatoms. The van der Waals surface area contributed by atoms with E-state index < -0.39 is 0 Å². The van der Waals surface area contributed by atoms with Crippen LogP contribution in [0.1, 0.15) is 22.7 Å². The summed E-state index contributed by atoms with van der Waals surface area (Å²) in [4.78, 5) is 38.8.